The average Bonchev–Trinajstić information content (AvgIpc) is 2.91. The van der Waals surface area contributed by atoms with Crippen LogP contribution in [0, 0.1) is 0 Å². The first kappa shape index (κ1) is 14.2. The summed E-state index contributed by atoms with van der Waals surface area (Å²) >= 11 is 1.58. The molecule has 3 nitrogen and oxygen atoms in total. The number of aromatic nitrogens is 1. The van der Waals surface area contributed by atoms with Gasteiger partial charge in [-0.25, -0.2) is 4.98 Å². The van der Waals surface area contributed by atoms with Crippen LogP contribution in [0.2, 0.25) is 0 Å². The molecule has 0 aliphatic carbocycles. The van der Waals surface area contributed by atoms with E-state index in [0.717, 1.165) is 30.6 Å². The summed E-state index contributed by atoms with van der Waals surface area (Å²) in [5, 5.41) is 4.13. The number of para-hydroxylation sites is 2. The highest BCUT2D eigenvalue weighted by Crippen LogP contribution is 2.31. The molecule has 0 saturated carbocycles. The molecule has 0 saturated heterocycles. The van der Waals surface area contributed by atoms with E-state index in [4.69, 9.17) is 4.42 Å². The van der Waals surface area contributed by atoms with Crippen molar-refractivity contribution in [3.05, 3.63) is 54.1 Å². The summed E-state index contributed by atoms with van der Waals surface area (Å²) in [7, 11) is 0. The van der Waals surface area contributed by atoms with Crippen molar-refractivity contribution in [2.24, 2.45) is 0 Å². The van der Waals surface area contributed by atoms with Crippen LogP contribution in [0.25, 0.3) is 11.1 Å². The van der Waals surface area contributed by atoms with E-state index in [1.165, 1.54) is 10.5 Å². The Hall–Kier alpha value is -1.78. The van der Waals surface area contributed by atoms with Crippen LogP contribution in [0.4, 0.5) is 0 Å². The molecule has 1 heterocycles. The van der Waals surface area contributed by atoms with Gasteiger partial charge in [-0.2, -0.15) is 0 Å². The van der Waals surface area contributed by atoms with Gasteiger partial charge in [0.15, 0.2) is 5.58 Å². The number of nitrogens with one attached hydrogen (secondary N) is 1. The van der Waals surface area contributed by atoms with Gasteiger partial charge in [-0.1, -0.05) is 37.3 Å². The second kappa shape index (κ2) is 6.78. The Balaban J connectivity index is 1.80. The van der Waals surface area contributed by atoms with E-state index in [0.29, 0.717) is 5.22 Å². The standard InChI is InChI=1S/C17H18N2OS/c1-2-11-18-12-13-7-3-6-10-16(13)21-17-19-14-8-4-5-9-15(14)20-17/h3-10,18H,2,11-12H2,1H3. The second-order valence-corrected chi connectivity index (χ2v) is 5.83. The van der Waals surface area contributed by atoms with E-state index in [9.17, 15) is 0 Å². The van der Waals surface area contributed by atoms with Crippen molar-refractivity contribution in [3.8, 4) is 0 Å². The Labute approximate surface area is 128 Å². The maximum Gasteiger partial charge on any atom is 0.261 e. The molecular weight excluding hydrogens is 280 g/mol. The number of benzene rings is 2. The summed E-state index contributed by atoms with van der Waals surface area (Å²) in [6.45, 7) is 4.07. The summed E-state index contributed by atoms with van der Waals surface area (Å²) in [5.74, 6) is 0. The largest absolute Gasteiger partial charge is 0.431 e. The minimum Gasteiger partial charge on any atom is -0.431 e. The first-order valence-corrected chi connectivity index (χ1v) is 8.00. The molecule has 0 atom stereocenters. The van der Waals surface area contributed by atoms with E-state index in [1.807, 2.05) is 30.3 Å². The van der Waals surface area contributed by atoms with E-state index in [2.05, 4.69) is 35.4 Å². The molecule has 0 aliphatic rings. The molecular formula is C17H18N2OS. The Morgan fingerprint density at radius 1 is 1.10 bits per heavy atom. The van der Waals surface area contributed by atoms with E-state index >= 15 is 0 Å². The third-order valence-electron chi connectivity index (χ3n) is 3.19. The molecule has 0 spiro atoms. The van der Waals surface area contributed by atoms with Crippen molar-refractivity contribution in [2.45, 2.75) is 30.0 Å². The average molecular weight is 298 g/mol. The van der Waals surface area contributed by atoms with Gasteiger partial charge in [-0.3, -0.25) is 0 Å². The fourth-order valence-electron chi connectivity index (χ4n) is 2.14. The van der Waals surface area contributed by atoms with Crippen LogP contribution < -0.4 is 5.32 Å². The molecule has 1 N–H and O–H groups in total. The van der Waals surface area contributed by atoms with Gasteiger partial charge in [-0.15, -0.1) is 0 Å². The number of hydrogen-bond donors (Lipinski definition) is 1. The lowest BCUT2D eigenvalue weighted by Crippen LogP contribution is -2.14. The fourth-order valence-corrected chi connectivity index (χ4v) is 3.02. The molecule has 3 rings (SSSR count). The Morgan fingerprint density at radius 2 is 1.90 bits per heavy atom. The van der Waals surface area contributed by atoms with Gasteiger partial charge in [0.1, 0.15) is 5.52 Å². The molecule has 0 bridgehead atoms. The molecule has 0 aliphatic heterocycles. The van der Waals surface area contributed by atoms with Gasteiger partial charge < -0.3 is 9.73 Å². The normalized spacial score (nSPS) is 11.1. The molecule has 0 unspecified atom stereocenters. The molecule has 108 valence electrons. The maximum atomic E-state index is 5.78. The molecule has 21 heavy (non-hydrogen) atoms. The third-order valence-corrected chi connectivity index (χ3v) is 4.15. The summed E-state index contributed by atoms with van der Waals surface area (Å²) in [6, 6.07) is 16.2. The number of oxazole rings is 1. The first-order valence-electron chi connectivity index (χ1n) is 7.19. The lowest BCUT2D eigenvalue weighted by molar-refractivity contribution is 0.489. The zero-order valence-corrected chi connectivity index (χ0v) is 12.8. The lowest BCUT2D eigenvalue weighted by atomic mass is 10.2. The quantitative estimate of drug-likeness (QED) is 0.681. The number of nitrogens with zero attached hydrogens (tertiary/aromatic N) is 1. The van der Waals surface area contributed by atoms with Crippen LogP contribution in [0.5, 0.6) is 0 Å². The third kappa shape index (κ3) is 3.46. The predicted octanol–water partition coefficient (Wildman–Crippen LogP) is 4.48. The van der Waals surface area contributed by atoms with Gasteiger partial charge in [0, 0.05) is 11.4 Å². The fraction of sp³-hybridized carbons (Fsp3) is 0.235. The second-order valence-electron chi connectivity index (χ2n) is 4.83. The highest BCUT2D eigenvalue weighted by molar-refractivity contribution is 7.99. The summed E-state index contributed by atoms with van der Waals surface area (Å²) in [4.78, 5) is 5.71. The van der Waals surface area contributed by atoms with Crippen LogP contribution >= 0.6 is 11.8 Å². The Morgan fingerprint density at radius 3 is 2.76 bits per heavy atom. The van der Waals surface area contributed by atoms with Crippen LogP contribution in [0.3, 0.4) is 0 Å². The summed E-state index contributed by atoms with van der Waals surface area (Å²) in [5.41, 5.74) is 3.02. The maximum absolute atomic E-state index is 5.78. The van der Waals surface area contributed by atoms with Crippen molar-refractivity contribution in [2.75, 3.05) is 6.54 Å². The summed E-state index contributed by atoms with van der Waals surface area (Å²) in [6.07, 6.45) is 1.14. The van der Waals surface area contributed by atoms with Crippen molar-refractivity contribution in [1.29, 1.82) is 0 Å². The number of hydrogen-bond acceptors (Lipinski definition) is 4. The first-order chi connectivity index (χ1) is 10.4. The van der Waals surface area contributed by atoms with Gasteiger partial charge in [0.25, 0.3) is 5.22 Å². The van der Waals surface area contributed by atoms with Crippen LogP contribution in [0.1, 0.15) is 18.9 Å². The van der Waals surface area contributed by atoms with Crippen molar-refractivity contribution in [3.63, 3.8) is 0 Å². The zero-order chi connectivity index (χ0) is 14.5. The predicted molar refractivity (Wildman–Crippen MR) is 86.6 cm³/mol. The van der Waals surface area contributed by atoms with Crippen LogP contribution in [-0.2, 0) is 6.54 Å². The molecule has 3 aromatic rings. The molecule has 0 fully saturated rings. The van der Waals surface area contributed by atoms with E-state index < -0.39 is 0 Å². The molecule has 4 heteroatoms. The zero-order valence-electron chi connectivity index (χ0n) is 12.0. The number of fused-ring (bicyclic) bond motifs is 1. The van der Waals surface area contributed by atoms with E-state index in [-0.39, 0.29) is 0 Å². The van der Waals surface area contributed by atoms with Crippen molar-refractivity contribution < 1.29 is 4.42 Å². The lowest BCUT2D eigenvalue weighted by Gasteiger charge is -2.08. The van der Waals surface area contributed by atoms with Gasteiger partial charge in [0.2, 0.25) is 0 Å². The highest BCUT2D eigenvalue weighted by atomic mass is 32.2. The van der Waals surface area contributed by atoms with Crippen molar-refractivity contribution >= 4 is 22.9 Å². The number of rotatable bonds is 6. The molecule has 2 aromatic carbocycles. The Bertz CT molecular complexity index is 690. The SMILES string of the molecule is CCCNCc1ccccc1Sc1nc2ccccc2o1. The molecule has 1 aromatic heterocycles. The molecule has 0 radical (unpaired) electrons. The minimum atomic E-state index is 0.694. The summed E-state index contributed by atoms with van der Waals surface area (Å²) < 4.78 is 5.78. The van der Waals surface area contributed by atoms with Gasteiger partial charge >= 0.3 is 0 Å². The topological polar surface area (TPSA) is 38.1 Å². The Kier molecular flexibility index (Phi) is 4.58. The van der Waals surface area contributed by atoms with E-state index in [1.54, 1.807) is 11.8 Å². The van der Waals surface area contributed by atoms with Crippen LogP contribution in [0.15, 0.2) is 63.1 Å². The molecule has 0 amide bonds. The van der Waals surface area contributed by atoms with Crippen LogP contribution in [-0.4, -0.2) is 11.5 Å². The van der Waals surface area contributed by atoms with Gasteiger partial charge in [-0.05, 0) is 48.5 Å². The minimum absolute atomic E-state index is 0.694. The van der Waals surface area contributed by atoms with Crippen molar-refractivity contribution in [1.82, 2.24) is 10.3 Å². The van der Waals surface area contributed by atoms with Gasteiger partial charge in [0.05, 0.1) is 0 Å². The monoisotopic (exact) mass is 298 g/mol. The smallest absolute Gasteiger partial charge is 0.261 e. The highest BCUT2D eigenvalue weighted by Gasteiger charge is 2.09.